The van der Waals surface area contributed by atoms with Crippen molar-refractivity contribution in [3.8, 4) is 10.6 Å². The lowest BCUT2D eigenvalue weighted by Gasteiger charge is -2.43. The van der Waals surface area contributed by atoms with Crippen LogP contribution in [0.5, 0.6) is 0 Å². The molecule has 4 rings (SSSR count). The van der Waals surface area contributed by atoms with E-state index in [2.05, 4.69) is 28.7 Å². The molecule has 4 heterocycles. The number of rotatable bonds is 3. The van der Waals surface area contributed by atoms with Crippen molar-refractivity contribution in [2.75, 3.05) is 26.2 Å². The van der Waals surface area contributed by atoms with Gasteiger partial charge < -0.3 is 9.64 Å². The van der Waals surface area contributed by atoms with Gasteiger partial charge in [0.2, 0.25) is 0 Å². The Morgan fingerprint density at radius 2 is 1.96 bits per heavy atom. The van der Waals surface area contributed by atoms with Crippen LogP contribution in [0.15, 0.2) is 29.9 Å². The minimum absolute atomic E-state index is 0.0450. The number of aromatic nitrogens is 2. The third-order valence-electron chi connectivity index (χ3n) is 5.35. The summed E-state index contributed by atoms with van der Waals surface area (Å²) in [5, 5.41) is 2.71. The molecule has 0 saturated carbocycles. The van der Waals surface area contributed by atoms with Gasteiger partial charge in [-0.05, 0) is 38.8 Å². The van der Waals surface area contributed by atoms with Crippen molar-refractivity contribution in [2.24, 2.45) is 0 Å². The Morgan fingerprint density at radius 3 is 2.63 bits per heavy atom. The SMILES string of the molecule is C[C@@H]1CN(C2CCN(C(=O)c3csc(-c4cccnc4)n3)CC2)C[C@H](C)O1. The molecule has 7 heteroatoms. The van der Waals surface area contributed by atoms with Gasteiger partial charge in [-0.15, -0.1) is 11.3 Å². The van der Waals surface area contributed by atoms with Gasteiger partial charge in [0.15, 0.2) is 0 Å². The molecule has 0 spiro atoms. The molecule has 0 unspecified atom stereocenters. The van der Waals surface area contributed by atoms with Crippen LogP contribution in [0.1, 0.15) is 37.2 Å². The Morgan fingerprint density at radius 1 is 1.22 bits per heavy atom. The maximum atomic E-state index is 12.9. The van der Waals surface area contributed by atoms with E-state index in [1.54, 1.807) is 12.4 Å². The van der Waals surface area contributed by atoms with Gasteiger partial charge in [-0.2, -0.15) is 0 Å². The number of pyridine rings is 1. The largest absolute Gasteiger partial charge is 0.373 e. The van der Waals surface area contributed by atoms with E-state index in [1.165, 1.54) is 11.3 Å². The van der Waals surface area contributed by atoms with Gasteiger partial charge >= 0.3 is 0 Å². The van der Waals surface area contributed by atoms with Gasteiger partial charge in [-0.3, -0.25) is 14.7 Å². The van der Waals surface area contributed by atoms with Crippen molar-refractivity contribution in [3.63, 3.8) is 0 Å². The average molecular weight is 387 g/mol. The summed E-state index contributed by atoms with van der Waals surface area (Å²) in [7, 11) is 0. The maximum Gasteiger partial charge on any atom is 0.273 e. The Bertz CT molecular complexity index is 763. The van der Waals surface area contributed by atoms with E-state index in [0.717, 1.165) is 49.6 Å². The highest BCUT2D eigenvalue weighted by molar-refractivity contribution is 7.13. The van der Waals surface area contributed by atoms with Crippen LogP contribution in [0.4, 0.5) is 0 Å². The van der Waals surface area contributed by atoms with Crippen molar-refractivity contribution in [1.82, 2.24) is 19.8 Å². The van der Waals surface area contributed by atoms with Crippen molar-refractivity contribution >= 4 is 17.2 Å². The first-order valence-corrected chi connectivity index (χ1v) is 10.5. The molecule has 0 aromatic carbocycles. The van der Waals surface area contributed by atoms with E-state index in [1.807, 2.05) is 22.4 Å². The number of piperidine rings is 1. The van der Waals surface area contributed by atoms with Gasteiger partial charge in [0, 0.05) is 55.6 Å². The van der Waals surface area contributed by atoms with E-state index in [9.17, 15) is 4.79 Å². The number of hydrogen-bond donors (Lipinski definition) is 0. The first-order chi connectivity index (χ1) is 13.1. The molecule has 0 aliphatic carbocycles. The normalized spacial score (nSPS) is 24.9. The van der Waals surface area contributed by atoms with Gasteiger partial charge in [0.1, 0.15) is 10.7 Å². The molecule has 0 radical (unpaired) electrons. The third kappa shape index (κ3) is 4.20. The summed E-state index contributed by atoms with van der Waals surface area (Å²) in [5.41, 5.74) is 1.50. The second-order valence-electron chi connectivity index (χ2n) is 7.51. The standard InChI is InChI=1S/C20H26N4O2S/c1-14-11-24(12-15(2)26-14)17-5-8-23(9-6-17)20(25)18-13-27-19(22-18)16-4-3-7-21-10-16/h3-4,7,10,13-15,17H,5-6,8-9,11-12H2,1-2H3/t14-,15+. The Kier molecular flexibility index (Phi) is 5.52. The molecule has 1 amide bonds. The quantitative estimate of drug-likeness (QED) is 0.812. The van der Waals surface area contributed by atoms with Crippen LogP contribution < -0.4 is 0 Å². The summed E-state index contributed by atoms with van der Waals surface area (Å²) in [6.45, 7) is 7.85. The maximum absolute atomic E-state index is 12.9. The molecular weight excluding hydrogens is 360 g/mol. The molecule has 2 atom stereocenters. The molecule has 2 aliphatic rings. The van der Waals surface area contributed by atoms with Crippen LogP contribution in [0.2, 0.25) is 0 Å². The molecule has 2 aliphatic heterocycles. The summed E-state index contributed by atoms with van der Waals surface area (Å²) < 4.78 is 5.85. The first-order valence-electron chi connectivity index (χ1n) is 9.65. The number of nitrogens with zero attached hydrogens (tertiary/aromatic N) is 4. The van der Waals surface area contributed by atoms with Crippen LogP contribution in [0.25, 0.3) is 10.6 Å². The van der Waals surface area contributed by atoms with Gasteiger partial charge in [0.05, 0.1) is 12.2 Å². The molecule has 0 bridgehead atoms. The second-order valence-corrected chi connectivity index (χ2v) is 8.37. The van der Waals surface area contributed by atoms with Crippen LogP contribution in [-0.4, -0.2) is 70.1 Å². The second kappa shape index (κ2) is 8.04. The molecule has 27 heavy (non-hydrogen) atoms. The fourth-order valence-corrected chi connectivity index (χ4v) is 4.89. The summed E-state index contributed by atoms with van der Waals surface area (Å²) in [4.78, 5) is 26.0. The molecule has 2 saturated heterocycles. The number of likely N-dealkylation sites (tertiary alicyclic amines) is 1. The predicted molar refractivity (Wildman–Crippen MR) is 106 cm³/mol. The monoisotopic (exact) mass is 386 g/mol. The van der Waals surface area contributed by atoms with Gasteiger partial charge in [0.25, 0.3) is 5.91 Å². The molecule has 144 valence electrons. The van der Waals surface area contributed by atoms with Crippen molar-refractivity contribution in [3.05, 3.63) is 35.6 Å². The number of amides is 1. The molecule has 2 fully saturated rings. The van der Waals surface area contributed by atoms with Crippen LogP contribution in [0, 0.1) is 0 Å². The molecule has 0 N–H and O–H groups in total. The van der Waals surface area contributed by atoms with Crippen molar-refractivity contribution < 1.29 is 9.53 Å². The van der Waals surface area contributed by atoms with Crippen LogP contribution >= 0.6 is 11.3 Å². The first kappa shape index (κ1) is 18.5. The minimum Gasteiger partial charge on any atom is -0.373 e. The summed E-state index contributed by atoms with van der Waals surface area (Å²) in [5.74, 6) is 0.0450. The lowest BCUT2D eigenvalue weighted by molar-refractivity contribution is -0.0856. The predicted octanol–water partition coefficient (Wildman–Crippen LogP) is 2.92. The number of carbonyl (C=O) groups excluding carboxylic acids is 1. The lowest BCUT2D eigenvalue weighted by Crippen LogP contribution is -2.53. The van der Waals surface area contributed by atoms with Gasteiger partial charge in [-0.1, -0.05) is 0 Å². The smallest absolute Gasteiger partial charge is 0.273 e. The number of morpholine rings is 1. The van der Waals surface area contributed by atoms with Gasteiger partial charge in [-0.25, -0.2) is 4.98 Å². The molecule has 2 aromatic heterocycles. The van der Waals surface area contributed by atoms with Crippen molar-refractivity contribution in [1.29, 1.82) is 0 Å². The highest BCUT2D eigenvalue weighted by atomic mass is 32.1. The zero-order valence-corrected chi connectivity index (χ0v) is 16.7. The van der Waals surface area contributed by atoms with E-state index < -0.39 is 0 Å². The number of hydrogen-bond acceptors (Lipinski definition) is 6. The Hall–Kier alpha value is -1.83. The van der Waals surface area contributed by atoms with E-state index in [-0.39, 0.29) is 18.1 Å². The Balaban J connectivity index is 1.36. The summed E-state index contributed by atoms with van der Waals surface area (Å²) >= 11 is 1.50. The van der Waals surface area contributed by atoms with E-state index >= 15 is 0 Å². The highest BCUT2D eigenvalue weighted by Gasteiger charge is 2.32. The van der Waals surface area contributed by atoms with Crippen LogP contribution in [-0.2, 0) is 4.74 Å². The lowest BCUT2D eigenvalue weighted by atomic mass is 10.0. The van der Waals surface area contributed by atoms with Crippen molar-refractivity contribution in [2.45, 2.75) is 44.9 Å². The fraction of sp³-hybridized carbons (Fsp3) is 0.550. The molecule has 6 nitrogen and oxygen atoms in total. The zero-order valence-electron chi connectivity index (χ0n) is 15.9. The highest BCUT2D eigenvalue weighted by Crippen LogP contribution is 2.25. The van der Waals surface area contributed by atoms with E-state index in [0.29, 0.717) is 11.7 Å². The average Bonchev–Trinajstić information content (AvgIpc) is 3.18. The number of ether oxygens (including phenoxy) is 1. The number of thiazole rings is 1. The third-order valence-corrected chi connectivity index (χ3v) is 6.24. The fourth-order valence-electron chi connectivity index (χ4n) is 4.11. The number of carbonyl (C=O) groups is 1. The van der Waals surface area contributed by atoms with Crippen LogP contribution in [0.3, 0.4) is 0 Å². The summed E-state index contributed by atoms with van der Waals surface area (Å²) in [6, 6.07) is 4.40. The topological polar surface area (TPSA) is 58.6 Å². The zero-order chi connectivity index (χ0) is 18.8. The Labute approximate surface area is 164 Å². The molecule has 2 aromatic rings. The summed E-state index contributed by atoms with van der Waals surface area (Å²) in [6.07, 6.45) is 6.13. The minimum atomic E-state index is 0.0450. The van der Waals surface area contributed by atoms with E-state index in [4.69, 9.17) is 4.74 Å². The molecular formula is C20H26N4O2S.